The van der Waals surface area contributed by atoms with Crippen LogP contribution in [0.15, 0.2) is 47.8 Å². The fourth-order valence-electron chi connectivity index (χ4n) is 2.02. The van der Waals surface area contributed by atoms with E-state index in [1.54, 1.807) is 31.2 Å². The van der Waals surface area contributed by atoms with Crippen molar-refractivity contribution in [3.05, 3.63) is 58.3 Å². The number of carbonyl (C=O) groups is 2. The number of hydrogen-bond acceptors (Lipinski definition) is 3. The van der Waals surface area contributed by atoms with Crippen molar-refractivity contribution in [2.24, 2.45) is 0 Å². The van der Waals surface area contributed by atoms with E-state index in [1.165, 1.54) is 11.3 Å². The molecule has 0 spiro atoms. The Morgan fingerprint density at radius 1 is 1.19 bits per heavy atom. The summed E-state index contributed by atoms with van der Waals surface area (Å²) in [6.45, 7) is 1.69. The number of amides is 1. The van der Waals surface area contributed by atoms with Gasteiger partial charge in [-0.3, -0.25) is 9.59 Å². The van der Waals surface area contributed by atoms with Gasteiger partial charge in [0.15, 0.2) is 0 Å². The van der Waals surface area contributed by atoms with E-state index in [0.717, 1.165) is 4.88 Å². The highest BCUT2D eigenvalue weighted by Crippen LogP contribution is 2.23. The molecule has 4 nitrogen and oxygen atoms in total. The van der Waals surface area contributed by atoms with E-state index in [2.05, 4.69) is 5.32 Å². The van der Waals surface area contributed by atoms with Crippen molar-refractivity contribution in [3.63, 3.8) is 0 Å². The third kappa shape index (κ3) is 3.70. The molecule has 0 fully saturated rings. The molecule has 110 valence electrons. The summed E-state index contributed by atoms with van der Waals surface area (Å²) in [7, 11) is 0. The third-order valence-electron chi connectivity index (χ3n) is 3.44. The molecule has 0 radical (unpaired) electrons. The number of nitrogens with one attached hydrogen (secondary N) is 1. The molecule has 0 saturated carbocycles. The van der Waals surface area contributed by atoms with Gasteiger partial charge < -0.3 is 10.4 Å². The molecule has 2 aromatic rings. The lowest BCUT2D eigenvalue weighted by atomic mass is 9.82. The second kappa shape index (κ2) is 6.54. The molecule has 1 heterocycles. The van der Waals surface area contributed by atoms with Gasteiger partial charge in [-0.25, -0.2) is 0 Å². The number of benzene rings is 1. The molecular weight excluding hydrogens is 286 g/mol. The summed E-state index contributed by atoms with van der Waals surface area (Å²) >= 11 is 1.51. The molecule has 21 heavy (non-hydrogen) atoms. The van der Waals surface area contributed by atoms with Crippen molar-refractivity contribution in [1.29, 1.82) is 0 Å². The Morgan fingerprint density at radius 3 is 2.48 bits per heavy atom. The number of carbonyl (C=O) groups excluding carboxylic acids is 1. The van der Waals surface area contributed by atoms with E-state index in [-0.39, 0.29) is 18.9 Å². The highest BCUT2D eigenvalue weighted by Gasteiger charge is 2.35. The molecule has 0 aliphatic heterocycles. The van der Waals surface area contributed by atoms with Crippen LogP contribution in [0.2, 0.25) is 0 Å². The molecule has 1 amide bonds. The first-order valence-electron chi connectivity index (χ1n) is 6.60. The van der Waals surface area contributed by atoms with E-state index in [0.29, 0.717) is 5.56 Å². The molecule has 1 aromatic carbocycles. The van der Waals surface area contributed by atoms with Crippen LogP contribution < -0.4 is 5.32 Å². The van der Waals surface area contributed by atoms with Gasteiger partial charge in [0, 0.05) is 11.4 Å². The fourth-order valence-corrected chi connectivity index (χ4v) is 2.72. The van der Waals surface area contributed by atoms with E-state index in [4.69, 9.17) is 0 Å². The van der Waals surface area contributed by atoms with Crippen molar-refractivity contribution < 1.29 is 14.7 Å². The highest BCUT2D eigenvalue weighted by molar-refractivity contribution is 7.10. The standard InChI is InChI=1S/C16H17NO3S/c1-16(15(19)20,12-6-3-2-4-7-12)11-17-14(18)10-13-8-5-9-21-13/h2-9H,10-11H2,1H3,(H,17,18)(H,19,20). The zero-order valence-corrected chi connectivity index (χ0v) is 12.5. The first-order valence-corrected chi connectivity index (χ1v) is 7.48. The van der Waals surface area contributed by atoms with Crippen LogP contribution in [0.5, 0.6) is 0 Å². The largest absolute Gasteiger partial charge is 0.481 e. The van der Waals surface area contributed by atoms with Crippen molar-refractivity contribution in [2.75, 3.05) is 6.54 Å². The summed E-state index contributed by atoms with van der Waals surface area (Å²) in [6.07, 6.45) is 0.280. The Hall–Kier alpha value is -2.14. The average molecular weight is 303 g/mol. The smallest absolute Gasteiger partial charge is 0.315 e. The summed E-state index contributed by atoms with van der Waals surface area (Å²) in [4.78, 5) is 24.5. The second-order valence-corrected chi connectivity index (χ2v) is 6.07. The molecule has 2 N–H and O–H groups in total. The van der Waals surface area contributed by atoms with E-state index in [9.17, 15) is 14.7 Å². The molecule has 0 aliphatic rings. The van der Waals surface area contributed by atoms with Crippen LogP contribution >= 0.6 is 11.3 Å². The lowest BCUT2D eigenvalue weighted by Gasteiger charge is -2.25. The van der Waals surface area contributed by atoms with Gasteiger partial charge in [0.2, 0.25) is 5.91 Å². The maximum atomic E-state index is 11.9. The van der Waals surface area contributed by atoms with E-state index in [1.807, 2.05) is 23.6 Å². The number of aliphatic carboxylic acids is 1. The molecule has 0 bridgehead atoms. The molecule has 0 saturated heterocycles. The monoisotopic (exact) mass is 303 g/mol. The SMILES string of the molecule is CC(CNC(=O)Cc1cccs1)(C(=O)O)c1ccccc1. The first-order chi connectivity index (χ1) is 10.0. The van der Waals surface area contributed by atoms with E-state index < -0.39 is 11.4 Å². The van der Waals surface area contributed by atoms with Crippen molar-refractivity contribution in [2.45, 2.75) is 18.8 Å². The average Bonchev–Trinajstić information content (AvgIpc) is 2.98. The number of carboxylic acid groups (broad SMARTS) is 1. The molecule has 1 unspecified atom stereocenters. The van der Waals surface area contributed by atoms with Crippen LogP contribution in [-0.4, -0.2) is 23.5 Å². The minimum atomic E-state index is -1.13. The quantitative estimate of drug-likeness (QED) is 0.861. The van der Waals surface area contributed by atoms with Crippen LogP contribution in [0.4, 0.5) is 0 Å². The van der Waals surface area contributed by atoms with Crippen molar-refractivity contribution in [1.82, 2.24) is 5.32 Å². The first kappa shape index (κ1) is 15.3. The number of carboxylic acids is 1. The van der Waals surface area contributed by atoms with Gasteiger partial charge in [0.1, 0.15) is 5.41 Å². The van der Waals surface area contributed by atoms with Crippen LogP contribution in [-0.2, 0) is 21.4 Å². The molecule has 0 aliphatic carbocycles. The summed E-state index contributed by atoms with van der Waals surface area (Å²) in [5.41, 5.74) is -0.458. The topological polar surface area (TPSA) is 66.4 Å². The van der Waals surface area contributed by atoms with Gasteiger partial charge >= 0.3 is 5.97 Å². The Balaban J connectivity index is 2.04. The molecule has 1 atom stereocenters. The van der Waals surface area contributed by atoms with Crippen LogP contribution in [0.3, 0.4) is 0 Å². The van der Waals surface area contributed by atoms with Gasteiger partial charge in [0.05, 0.1) is 6.42 Å². The zero-order chi connectivity index (χ0) is 15.3. The van der Waals surface area contributed by atoms with Gasteiger partial charge in [-0.2, -0.15) is 0 Å². The van der Waals surface area contributed by atoms with Gasteiger partial charge in [-0.05, 0) is 23.9 Å². The highest BCUT2D eigenvalue weighted by atomic mass is 32.1. The Bertz CT molecular complexity index is 610. The van der Waals surface area contributed by atoms with Gasteiger partial charge in [-0.1, -0.05) is 36.4 Å². The fraction of sp³-hybridized carbons (Fsp3) is 0.250. The summed E-state index contributed by atoms with van der Waals surface area (Å²) in [6, 6.07) is 12.7. The Kier molecular flexibility index (Phi) is 4.75. The maximum absolute atomic E-state index is 11.9. The molecule has 5 heteroatoms. The van der Waals surface area contributed by atoms with Crippen LogP contribution in [0, 0.1) is 0 Å². The lowest BCUT2D eigenvalue weighted by molar-refractivity contribution is -0.143. The van der Waals surface area contributed by atoms with E-state index >= 15 is 0 Å². The van der Waals surface area contributed by atoms with Crippen LogP contribution in [0.25, 0.3) is 0 Å². The Morgan fingerprint density at radius 2 is 1.90 bits per heavy atom. The van der Waals surface area contributed by atoms with Crippen LogP contribution in [0.1, 0.15) is 17.4 Å². The predicted octanol–water partition coefficient (Wildman–Crippen LogP) is 2.45. The molecular formula is C16H17NO3S. The van der Waals surface area contributed by atoms with Crippen molar-refractivity contribution in [3.8, 4) is 0 Å². The minimum Gasteiger partial charge on any atom is -0.481 e. The summed E-state index contributed by atoms with van der Waals surface area (Å²) < 4.78 is 0. The zero-order valence-electron chi connectivity index (χ0n) is 11.7. The third-order valence-corrected chi connectivity index (χ3v) is 4.31. The number of rotatable bonds is 6. The maximum Gasteiger partial charge on any atom is 0.315 e. The molecule has 2 rings (SSSR count). The second-order valence-electron chi connectivity index (χ2n) is 5.04. The number of hydrogen-bond donors (Lipinski definition) is 2. The number of thiophene rings is 1. The minimum absolute atomic E-state index is 0.0660. The Labute approximate surface area is 127 Å². The normalized spacial score (nSPS) is 13.4. The predicted molar refractivity (Wildman–Crippen MR) is 82.5 cm³/mol. The molecule has 1 aromatic heterocycles. The summed E-state index contributed by atoms with van der Waals surface area (Å²) in [5, 5.41) is 14.1. The van der Waals surface area contributed by atoms with Gasteiger partial charge in [0.25, 0.3) is 0 Å². The van der Waals surface area contributed by atoms with Gasteiger partial charge in [-0.15, -0.1) is 11.3 Å². The van der Waals surface area contributed by atoms with Crippen molar-refractivity contribution >= 4 is 23.2 Å². The summed E-state index contributed by atoms with van der Waals surface area (Å²) in [5.74, 6) is -1.12. The lowest BCUT2D eigenvalue weighted by Crippen LogP contribution is -2.44.